The van der Waals surface area contributed by atoms with Gasteiger partial charge in [0.15, 0.2) is 5.96 Å². The summed E-state index contributed by atoms with van der Waals surface area (Å²) in [6.07, 6.45) is 2.40. The van der Waals surface area contributed by atoms with Crippen molar-refractivity contribution in [1.29, 1.82) is 0 Å². The van der Waals surface area contributed by atoms with Crippen LogP contribution in [0.1, 0.15) is 18.4 Å². The standard InChI is InChI=1S/C18H30ClN5/c1-20-18(22-15-16-6-3-7-17(19)14-16)21-8-4-10-24-11-5-9-23(2)12-13-24/h3,6-7,14H,4-5,8-13,15H2,1-2H3,(H2,20,21,22). The van der Waals surface area contributed by atoms with Gasteiger partial charge < -0.3 is 20.4 Å². The van der Waals surface area contributed by atoms with Crippen LogP contribution in [0.3, 0.4) is 0 Å². The summed E-state index contributed by atoms with van der Waals surface area (Å²) in [7, 11) is 4.01. The molecule has 1 aliphatic rings. The Morgan fingerprint density at radius 3 is 2.88 bits per heavy atom. The molecule has 1 fully saturated rings. The third kappa shape index (κ3) is 7.07. The second-order valence-electron chi connectivity index (χ2n) is 6.33. The molecular formula is C18H30ClN5. The molecule has 134 valence electrons. The van der Waals surface area contributed by atoms with Gasteiger partial charge in [0.05, 0.1) is 0 Å². The maximum Gasteiger partial charge on any atom is 0.191 e. The Hall–Kier alpha value is -1.30. The van der Waals surface area contributed by atoms with Crippen molar-refractivity contribution < 1.29 is 0 Å². The van der Waals surface area contributed by atoms with Crippen molar-refractivity contribution in [2.45, 2.75) is 19.4 Å². The molecule has 6 heteroatoms. The lowest BCUT2D eigenvalue weighted by molar-refractivity contribution is 0.274. The average molecular weight is 352 g/mol. The summed E-state index contributed by atoms with van der Waals surface area (Å²) in [5.74, 6) is 0.838. The van der Waals surface area contributed by atoms with Crippen LogP contribution in [-0.4, -0.2) is 69.1 Å². The van der Waals surface area contributed by atoms with Gasteiger partial charge in [-0.3, -0.25) is 4.99 Å². The van der Waals surface area contributed by atoms with Crippen molar-refractivity contribution in [3.63, 3.8) is 0 Å². The van der Waals surface area contributed by atoms with E-state index in [1.165, 1.54) is 32.6 Å². The number of guanidine groups is 1. The first-order valence-corrected chi connectivity index (χ1v) is 9.15. The van der Waals surface area contributed by atoms with Crippen molar-refractivity contribution in [3.05, 3.63) is 34.9 Å². The molecule has 2 rings (SSSR count). The molecule has 0 saturated carbocycles. The van der Waals surface area contributed by atoms with Crippen LogP contribution in [0.4, 0.5) is 0 Å². The van der Waals surface area contributed by atoms with E-state index in [0.29, 0.717) is 0 Å². The van der Waals surface area contributed by atoms with Crippen LogP contribution in [0.25, 0.3) is 0 Å². The number of benzene rings is 1. The molecule has 1 heterocycles. The van der Waals surface area contributed by atoms with Gasteiger partial charge >= 0.3 is 0 Å². The van der Waals surface area contributed by atoms with Crippen molar-refractivity contribution in [2.24, 2.45) is 4.99 Å². The van der Waals surface area contributed by atoms with Crippen LogP contribution >= 0.6 is 11.6 Å². The maximum atomic E-state index is 6.01. The van der Waals surface area contributed by atoms with Gasteiger partial charge in [-0.05, 0) is 57.2 Å². The second-order valence-corrected chi connectivity index (χ2v) is 6.77. The normalized spacial score (nSPS) is 17.5. The van der Waals surface area contributed by atoms with E-state index in [4.69, 9.17) is 11.6 Å². The molecule has 0 bridgehead atoms. The molecule has 0 radical (unpaired) electrons. The Bertz CT molecular complexity index is 520. The van der Waals surface area contributed by atoms with E-state index < -0.39 is 0 Å². The molecule has 1 aromatic carbocycles. The fraction of sp³-hybridized carbons (Fsp3) is 0.611. The van der Waals surface area contributed by atoms with E-state index in [9.17, 15) is 0 Å². The fourth-order valence-corrected chi connectivity index (χ4v) is 3.10. The van der Waals surface area contributed by atoms with Crippen LogP contribution in [0.5, 0.6) is 0 Å². The monoisotopic (exact) mass is 351 g/mol. The third-order valence-electron chi connectivity index (χ3n) is 4.33. The highest BCUT2D eigenvalue weighted by atomic mass is 35.5. The number of hydrogen-bond acceptors (Lipinski definition) is 3. The van der Waals surface area contributed by atoms with E-state index >= 15 is 0 Å². The van der Waals surface area contributed by atoms with Crippen molar-refractivity contribution in [1.82, 2.24) is 20.4 Å². The minimum Gasteiger partial charge on any atom is -0.356 e. The van der Waals surface area contributed by atoms with E-state index in [2.05, 4.69) is 38.5 Å². The molecule has 0 amide bonds. The number of rotatable bonds is 6. The van der Waals surface area contributed by atoms with Gasteiger partial charge in [-0.2, -0.15) is 0 Å². The lowest BCUT2D eigenvalue weighted by Gasteiger charge is -2.20. The summed E-state index contributed by atoms with van der Waals surface area (Å²) in [5, 5.41) is 7.48. The minimum absolute atomic E-state index is 0.721. The van der Waals surface area contributed by atoms with Crippen molar-refractivity contribution in [3.8, 4) is 0 Å². The first kappa shape index (κ1) is 19.0. The molecule has 0 unspecified atom stereocenters. The van der Waals surface area contributed by atoms with E-state index in [-0.39, 0.29) is 0 Å². The number of likely N-dealkylation sites (N-methyl/N-ethyl adjacent to an activating group) is 1. The van der Waals surface area contributed by atoms with Crippen molar-refractivity contribution >= 4 is 17.6 Å². The maximum absolute atomic E-state index is 6.01. The van der Waals surface area contributed by atoms with Crippen LogP contribution < -0.4 is 10.6 Å². The predicted octanol–water partition coefficient (Wildman–Crippen LogP) is 2.03. The number of aliphatic imine (C=N–C) groups is 1. The highest BCUT2D eigenvalue weighted by Crippen LogP contribution is 2.10. The molecule has 1 aliphatic heterocycles. The molecule has 5 nitrogen and oxygen atoms in total. The lowest BCUT2D eigenvalue weighted by Crippen LogP contribution is -2.38. The summed E-state index contributed by atoms with van der Waals surface area (Å²) in [4.78, 5) is 9.26. The SMILES string of the molecule is CN=C(NCCCN1CCCN(C)CC1)NCc1cccc(Cl)c1. The first-order valence-electron chi connectivity index (χ1n) is 8.77. The van der Waals surface area contributed by atoms with Crippen LogP contribution in [0.2, 0.25) is 5.02 Å². The van der Waals surface area contributed by atoms with Gasteiger partial charge in [-0.25, -0.2) is 0 Å². The molecule has 0 aromatic heterocycles. The molecule has 0 atom stereocenters. The highest BCUT2D eigenvalue weighted by molar-refractivity contribution is 6.30. The van der Waals surface area contributed by atoms with Gasteiger partial charge in [-0.1, -0.05) is 23.7 Å². The van der Waals surface area contributed by atoms with Gasteiger partial charge in [0, 0.05) is 38.2 Å². The van der Waals surface area contributed by atoms with E-state index in [0.717, 1.165) is 42.6 Å². The number of halogens is 1. The average Bonchev–Trinajstić information content (AvgIpc) is 2.79. The zero-order chi connectivity index (χ0) is 17.2. The minimum atomic E-state index is 0.721. The number of nitrogens with one attached hydrogen (secondary N) is 2. The first-order chi connectivity index (χ1) is 11.7. The summed E-state index contributed by atoms with van der Waals surface area (Å²) in [5.41, 5.74) is 1.15. The molecule has 1 saturated heterocycles. The zero-order valence-electron chi connectivity index (χ0n) is 14.9. The van der Waals surface area contributed by atoms with E-state index in [1.54, 1.807) is 7.05 Å². The summed E-state index contributed by atoms with van der Waals surface area (Å²) in [6, 6.07) is 7.88. The smallest absolute Gasteiger partial charge is 0.191 e. The Labute approximate surface area is 151 Å². The Morgan fingerprint density at radius 1 is 1.21 bits per heavy atom. The Kier molecular flexibility index (Phi) is 8.36. The van der Waals surface area contributed by atoms with E-state index in [1.807, 2.05) is 18.2 Å². The Morgan fingerprint density at radius 2 is 2.08 bits per heavy atom. The highest BCUT2D eigenvalue weighted by Gasteiger charge is 2.11. The van der Waals surface area contributed by atoms with Gasteiger partial charge in [0.2, 0.25) is 0 Å². The molecule has 0 aliphatic carbocycles. The van der Waals surface area contributed by atoms with Crippen molar-refractivity contribution in [2.75, 3.05) is 53.4 Å². The van der Waals surface area contributed by atoms with Crippen LogP contribution in [0.15, 0.2) is 29.3 Å². The molecule has 2 N–H and O–H groups in total. The summed E-state index contributed by atoms with van der Waals surface area (Å²) < 4.78 is 0. The topological polar surface area (TPSA) is 42.9 Å². The lowest BCUT2D eigenvalue weighted by atomic mass is 10.2. The van der Waals surface area contributed by atoms with Gasteiger partial charge in [0.1, 0.15) is 0 Å². The van der Waals surface area contributed by atoms with Gasteiger partial charge in [0.25, 0.3) is 0 Å². The largest absolute Gasteiger partial charge is 0.356 e. The van der Waals surface area contributed by atoms with Gasteiger partial charge in [-0.15, -0.1) is 0 Å². The number of nitrogens with zero attached hydrogens (tertiary/aromatic N) is 3. The molecule has 1 aromatic rings. The fourth-order valence-electron chi connectivity index (χ4n) is 2.89. The quantitative estimate of drug-likeness (QED) is 0.467. The third-order valence-corrected chi connectivity index (χ3v) is 4.56. The second kappa shape index (κ2) is 10.5. The Balaban J connectivity index is 1.63. The summed E-state index contributed by atoms with van der Waals surface area (Å²) in [6.45, 7) is 7.59. The zero-order valence-corrected chi connectivity index (χ0v) is 15.6. The molecule has 0 spiro atoms. The molecule has 24 heavy (non-hydrogen) atoms. The van der Waals surface area contributed by atoms with Crippen LogP contribution in [-0.2, 0) is 6.54 Å². The van der Waals surface area contributed by atoms with Crippen LogP contribution in [0, 0.1) is 0 Å². The summed E-state index contributed by atoms with van der Waals surface area (Å²) >= 11 is 6.01. The molecular weight excluding hydrogens is 322 g/mol. The number of hydrogen-bond donors (Lipinski definition) is 2. The predicted molar refractivity (Wildman–Crippen MR) is 103 cm³/mol.